The molecule has 0 spiro atoms. The van der Waals surface area contributed by atoms with Gasteiger partial charge in [-0.3, -0.25) is 4.98 Å². The highest BCUT2D eigenvalue weighted by molar-refractivity contribution is 5.92. The van der Waals surface area contributed by atoms with Gasteiger partial charge in [0, 0.05) is 33.9 Å². The first-order chi connectivity index (χ1) is 22.1. The molecule has 1 aliphatic carbocycles. The van der Waals surface area contributed by atoms with E-state index in [1.54, 1.807) is 0 Å². The van der Waals surface area contributed by atoms with E-state index < -0.39 is 0 Å². The lowest BCUT2D eigenvalue weighted by Crippen LogP contribution is -2.14. The highest BCUT2D eigenvalue weighted by Gasteiger charge is 2.36. The Bertz CT molecular complexity index is 2150. The molecule has 214 valence electrons. The Labute approximate surface area is 264 Å². The van der Waals surface area contributed by atoms with Crippen LogP contribution in [0.5, 0.6) is 0 Å². The maximum Gasteiger partial charge on any atom is 0.161 e. The van der Waals surface area contributed by atoms with Gasteiger partial charge in [0.2, 0.25) is 0 Å². The standard InChI is InChI=1S/C42H31N3/c1-42(2)35-18-10-9-16-34(35)40-33(17-11-19-36(40)42)28-20-22-31(23-21-28)39-26-38(30-14-7-4-8-15-30)44-41(45-39)32-24-25-37(43-27-32)29-12-5-3-6-13-29/h3-27H,1-2H3. The van der Waals surface area contributed by atoms with Crippen LogP contribution >= 0.6 is 0 Å². The molecule has 2 aromatic heterocycles. The quantitative estimate of drug-likeness (QED) is 0.204. The van der Waals surface area contributed by atoms with Crippen molar-refractivity contribution in [3.05, 3.63) is 163 Å². The van der Waals surface area contributed by atoms with Crippen LogP contribution in [0.25, 0.3) is 67.4 Å². The molecule has 0 saturated heterocycles. The molecule has 7 aromatic rings. The van der Waals surface area contributed by atoms with Crippen LogP contribution in [0.15, 0.2) is 152 Å². The Kier molecular flexibility index (Phi) is 6.46. The summed E-state index contributed by atoms with van der Waals surface area (Å²) >= 11 is 0. The van der Waals surface area contributed by atoms with Crippen molar-refractivity contribution < 1.29 is 0 Å². The Morgan fingerprint density at radius 2 is 0.956 bits per heavy atom. The second-order valence-corrected chi connectivity index (χ2v) is 12.1. The van der Waals surface area contributed by atoms with E-state index in [0.29, 0.717) is 5.82 Å². The fraction of sp³-hybridized carbons (Fsp3) is 0.0714. The van der Waals surface area contributed by atoms with Gasteiger partial charge >= 0.3 is 0 Å². The fourth-order valence-electron chi connectivity index (χ4n) is 6.60. The van der Waals surface area contributed by atoms with Crippen molar-refractivity contribution in [2.75, 3.05) is 0 Å². The molecule has 45 heavy (non-hydrogen) atoms. The molecule has 3 nitrogen and oxygen atoms in total. The molecule has 0 unspecified atom stereocenters. The van der Waals surface area contributed by atoms with E-state index in [2.05, 4.69) is 117 Å². The van der Waals surface area contributed by atoms with E-state index in [0.717, 1.165) is 39.3 Å². The molecule has 0 fully saturated rings. The topological polar surface area (TPSA) is 38.7 Å². The van der Waals surface area contributed by atoms with E-state index >= 15 is 0 Å². The van der Waals surface area contributed by atoms with Gasteiger partial charge in [0.1, 0.15) is 0 Å². The van der Waals surface area contributed by atoms with Crippen molar-refractivity contribution in [2.45, 2.75) is 19.3 Å². The second-order valence-electron chi connectivity index (χ2n) is 12.1. The predicted molar refractivity (Wildman–Crippen MR) is 185 cm³/mol. The Balaban J connectivity index is 1.20. The summed E-state index contributed by atoms with van der Waals surface area (Å²) < 4.78 is 0. The summed E-state index contributed by atoms with van der Waals surface area (Å²) in [5, 5.41) is 0. The van der Waals surface area contributed by atoms with Gasteiger partial charge in [0.15, 0.2) is 5.82 Å². The number of nitrogens with zero attached hydrogens (tertiary/aromatic N) is 3. The SMILES string of the molecule is CC1(C)c2ccccc2-c2c(-c3ccc(-c4cc(-c5ccccc5)nc(-c5ccc(-c6ccccc6)nc5)n4)cc3)cccc21. The van der Waals surface area contributed by atoms with E-state index in [1.807, 2.05) is 48.7 Å². The molecule has 1 aliphatic rings. The molecular weight excluding hydrogens is 546 g/mol. The Hall–Kier alpha value is -5.67. The van der Waals surface area contributed by atoms with Crippen molar-refractivity contribution in [3.63, 3.8) is 0 Å². The lowest BCUT2D eigenvalue weighted by molar-refractivity contribution is 0.660. The number of benzene rings is 5. The van der Waals surface area contributed by atoms with Crippen LogP contribution < -0.4 is 0 Å². The van der Waals surface area contributed by atoms with Gasteiger partial charge in [0.05, 0.1) is 17.1 Å². The Morgan fingerprint density at radius 3 is 1.62 bits per heavy atom. The molecule has 0 N–H and O–H groups in total. The van der Waals surface area contributed by atoms with Gasteiger partial charge in [-0.1, -0.05) is 141 Å². The van der Waals surface area contributed by atoms with Crippen molar-refractivity contribution in [1.82, 2.24) is 15.0 Å². The third-order valence-corrected chi connectivity index (χ3v) is 8.99. The average molecular weight is 578 g/mol. The van der Waals surface area contributed by atoms with Crippen molar-refractivity contribution in [3.8, 4) is 67.4 Å². The lowest BCUT2D eigenvalue weighted by Gasteiger charge is -2.21. The third-order valence-electron chi connectivity index (χ3n) is 8.99. The van der Waals surface area contributed by atoms with Crippen LogP contribution in [-0.4, -0.2) is 15.0 Å². The number of fused-ring (bicyclic) bond motifs is 3. The van der Waals surface area contributed by atoms with E-state index in [1.165, 1.54) is 33.4 Å². The van der Waals surface area contributed by atoms with Crippen molar-refractivity contribution in [2.24, 2.45) is 0 Å². The molecular formula is C42H31N3. The molecule has 0 saturated carbocycles. The smallest absolute Gasteiger partial charge is 0.161 e. The minimum atomic E-state index is -0.0266. The van der Waals surface area contributed by atoms with Gasteiger partial charge in [-0.25, -0.2) is 9.97 Å². The molecule has 0 atom stereocenters. The number of hydrogen-bond donors (Lipinski definition) is 0. The number of pyridine rings is 1. The maximum atomic E-state index is 5.06. The zero-order valence-electron chi connectivity index (χ0n) is 25.3. The second kappa shape index (κ2) is 10.8. The number of rotatable bonds is 5. The van der Waals surface area contributed by atoms with E-state index in [-0.39, 0.29) is 5.41 Å². The van der Waals surface area contributed by atoms with Gasteiger partial charge in [0.25, 0.3) is 0 Å². The van der Waals surface area contributed by atoms with Crippen LogP contribution in [0, 0.1) is 0 Å². The molecule has 0 amide bonds. The molecule has 5 aromatic carbocycles. The average Bonchev–Trinajstić information content (AvgIpc) is 3.35. The minimum Gasteiger partial charge on any atom is -0.255 e. The first kappa shape index (κ1) is 26.9. The molecule has 3 heteroatoms. The maximum absolute atomic E-state index is 5.06. The molecule has 2 heterocycles. The molecule has 0 bridgehead atoms. The zero-order valence-corrected chi connectivity index (χ0v) is 25.3. The van der Waals surface area contributed by atoms with Crippen molar-refractivity contribution in [1.29, 1.82) is 0 Å². The predicted octanol–water partition coefficient (Wildman–Crippen LogP) is 10.5. The molecule has 8 rings (SSSR count). The van der Waals surface area contributed by atoms with Crippen LogP contribution in [0.3, 0.4) is 0 Å². The summed E-state index contributed by atoms with van der Waals surface area (Å²) in [6, 6.07) is 51.0. The van der Waals surface area contributed by atoms with Crippen LogP contribution in [0.4, 0.5) is 0 Å². The Morgan fingerprint density at radius 1 is 0.422 bits per heavy atom. The largest absolute Gasteiger partial charge is 0.255 e. The van der Waals surface area contributed by atoms with Crippen molar-refractivity contribution >= 4 is 0 Å². The van der Waals surface area contributed by atoms with Crippen LogP contribution in [-0.2, 0) is 5.41 Å². The normalized spacial score (nSPS) is 12.8. The van der Waals surface area contributed by atoms with Crippen LogP contribution in [0.2, 0.25) is 0 Å². The van der Waals surface area contributed by atoms with Gasteiger partial charge in [-0.2, -0.15) is 0 Å². The summed E-state index contributed by atoms with van der Waals surface area (Å²) in [6.45, 7) is 4.65. The summed E-state index contributed by atoms with van der Waals surface area (Å²) in [4.78, 5) is 14.8. The summed E-state index contributed by atoms with van der Waals surface area (Å²) in [5.41, 5.74) is 14.6. The van der Waals surface area contributed by atoms with Gasteiger partial charge in [-0.15, -0.1) is 0 Å². The monoisotopic (exact) mass is 577 g/mol. The first-order valence-electron chi connectivity index (χ1n) is 15.4. The highest BCUT2D eigenvalue weighted by Crippen LogP contribution is 2.51. The third kappa shape index (κ3) is 4.74. The minimum absolute atomic E-state index is 0.0266. The van der Waals surface area contributed by atoms with Gasteiger partial charge in [-0.05, 0) is 51.6 Å². The highest BCUT2D eigenvalue weighted by atomic mass is 14.9. The molecule has 0 aliphatic heterocycles. The summed E-state index contributed by atoms with van der Waals surface area (Å²) in [5.74, 6) is 0.655. The van der Waals surface area contributed by atoms with Crippen LogP contribution in [0.1, 0.15) is 25.0 Å². The van der Waals surface area contributed by atoms with E-state index in [4.69, 9.17) is 15.0 Å². The summed E-state index contributed by atoms with van der Waals surface area (Å²) in [7, 11) is 0. The zero-order chi connectivity index (χ0) is 30.4. The summed E-state index contributed by atoms with van der Waals surface area (Å²) in [6.07, 6.45) is 1.87. The lowest BCUT2D eigenvalue weighted by atomic mass is 9.82. The van der Waals surface area contributed by atoms with Gasteiger partial charge < -0.3 is 0 Å². The first-order valence-corrected chi connectivity index (χ1v) is 15.4. The fourth-order valence-corrected chi connectivity index (χ4v) is 6.60. The number of aromatic nitrogens is 3. The molecule has 0 radical (unpaired) electrons. The number of hydrogen-bond acceptors (Lipinski definition) is 3. The van der Waals surface area contributed by atoms with E-state index in [9.17, 15) is 0 Å².